The maximum absolute atomic E-state index is 11.4. The van der Waals surface area contributed by atoms with Crippen LogP contribution < -0.4 is 10.9 Å². The summed E-state index contributed by atoms with van der Waals surface area (Å²) < 4.78 is 5.15. The van der Waals surface area contributed by atoms with Gasteiger partial charge in [-0.15, -0.1) is 0 Å². The molecule has 0 bridgehead atoms. The summed E-state index contributed by atoms with van der Waals surface area (Å²) in [6.07, 6.45) is 0. The third kappa shape index (κ3) is 1.54. The summed E-state index contributed by atoms with van der Waals surface area (Å²) in [5.74, 6) is 0. The fourth-order valence-corrected chi connectivity index (χ4v) is 1.42. The summed E-state index contributed by atoms with van der Waals surface area (Å²) in [6, 6.07) is 9.35. The third-order valence-corrected chi connectivity index (χ3v) is 2.08. The van der Waals surface area contributed by atoms with Gasteiger partial charge in [0.25, 0.3) is 0 Å². The number of para-hydroxylation sites is 1. The van der Waals surface area contributed by atoms with Gasteiger partial charge in [-0.2, -0.15) is 0 Å². The lowest BCUT2D eigenvalue weighted by molar-refractivity contribution is 0.546. The number of hydrogen-bond acceptors (Lipinski definition) is 3. The normalized spacial score (nSPS) is 10.6. The quantitative estimate of drug-likeness (QED) is 0.728. The molecule has 2 rings (SSSR count). The molecule has 0 spiro atoms. The minimum Gasteiger partial charge on any atom is -0.422 e. The van der Waals surface area contributed by atoms with E-state index in [1.165, 1.54) is 0 Å². The highest BCUT2D eigenvalue weighted by molar-refractivity contribution is 5.76. The number of benzene rings is 1. The van der Waals surface area contributed by atoms with E-state index in [1.807, 2.05) is 24.3 Å². The van der Waals surface area contributed by atoms with Crippen LogP contribution in [0.4, 0.5) is 0 Å². The highest BCUT2D eigenvalue weighted by Gasteiger charge is 2.02. The lowest BCUT2D eigenvalue weighted by Gasteiger charge is -2.00. The van der Waals surface area contributed by atoms with Crippen LogP contribution in [0, 0.1) is 0 Å². The third-order valence-electron chi connectivity index (χ3n) is 2.08. The number of fused-ring (bicyclic) bond motifs is 1. The van der Waals surface area contributed by atoms with E-state index in [-0.39, 0.29) is 5.63 Å². The van der Waals surface area contributed by atoms with E-state index in [1.54, 1.807) is 13.1 Å². The molecular weight excluding hydrogens is 178 g/mol. The Labute approximate surface area is 81.4 Å². The van der Waals surface area contributed by atoms with Crippen LogP contribution in [0.25, 0.3) is 11.0 Å². The van der Waals surface area contributed by atoms with Gasteiger partial charge in [-0.1, -0.05) is 18.2 Å². The van der Waals surface area contributed by atoms with E-state index >= 15 is 0 Å². The van der Waals surface area contributed by atoms with Crippen molar-refractivity contribution in [1.82, 2.24) is 5.32 Å². The summed E-state index contributed by atoms with van der Waals surface area (Å²) in [5.41, 5.74) is 1.03. The van der Waals surface area contributed by atoms with Crippen molar-refractivity contribution in [3.05, 3.63) is 46.3 Å². The molecule has 0 radical (unpaired) electrons. The van der Waals surface area contributed by atoms with Crippen LogP contribution in [0.1, 0.15) is 5.56 Å². The van der Waals surface area contributed by atoms with Gasteiger partial charge in [0, 0.05) is 11.9 Å². The molecule has 0 aliphatic carbocycles. The molecule has 3 heteroatoms. The van der Waals surface area contributed by atoms with Gasteiger partial charge < -0.3 is 9.73 Å². The zero-order valence-corrected chi connectivity index (χ0v) is 7.91. The molecule has 1 N–H and O–H groups in total. The first kappa shape index (κ1) is 8.97. The Hall–Kier alpha value is -1.61. The Bertz CT molecular complexity index is 502. The molecule has 0 saturated carbocycles. The summed E-state index contributed by atoms with van der Waals surface area (Å²) in [5, 5.41) is 3.89. The van der Waals surface area contributed by atoms with Crippen LogP contribution in [0.5, 0.6) is 0 Å². The summed E-state index contributed by atoms with van der Waals surface area (Å²) in [4.78, 5) is 11.4. The standard InChI is InChI=1S/C11H11NO2/c1-12-7-9-6-8-4-2-3-5-10(8)14-11(9)13/h2-6,12H,7H2,1H3. The molecule has 2 aromatic rings. The van der Waals surface area contributed by atoms with Gasteiger partial charge >= 0.3 is 5.63 Å². The van der Waals surface area contributed by atoms with Crippen molar-refractivity contribution in [2.45, 2.75) is 6.54 Å². The van der Waals surface area contributed by atoms with Crippen LogP contribution in [-0.2, 0) is 6.54 Å². The fraction of sp³-hybridized carbons (Fsp3) is 0.182. The van der Waals surface area contributed by atoms with Gasteiger partial charge in [0.15, 0.2) is 0 Å². The van der Waals surface area contributed by atoms with Crippen molar-refractivity contribution in [2.75, 3.05) is 7.05 Å². The molecule has 0 aliphatic rings. The minimum atomic E-state index is -0.266. The first-order valence-corrected chi connectivity index (χ1v) is 4.47. The van der Waals surface area contributed by atoms with E-state index in [4.69, 9.17) is 4.42 Å². The number of nitrogens with one attached hydrogen (secondary N) is 1. The molecule has 72 valence electrons. The monoisotopic (exact) mass is 189 g/mol. The molecule has 0 amide bonds. The maximum atomic E-state index is 11.4. The average Bonchev–Trinajstić information content (AvgIpc) is 2.19. The second kappa shape index (κ2) is 3.64. The smallest absolute Gasteiger partial charge is 0.340 e. The van der Waals surface area contributed by atoms with E-state index in [0.29, 0.717) is 17.7 Å². The van der Waals surface area contributed by atoms with Crippen molar-refractivity contribution in [3.63, 3.8) is 0 Å². The van der Waals surface area contributed by atoms with E-state index in [2.05, 4.69) is 5.32 Å². The van der Waals surface area contributed by atoms with Crippen LogP contribution >= 0.6 is 0 Å². The Morgan fingerprint density at radius 2 is 2.14 bits per heavy atom. The zero-order valence-electron chi connectivity index (χ0n) is 7.91. The van der Waals surface area contributed by atoms with E-state index < -0.39 is 0 Å². The van der Waals surface area contributed by atoms with Gasteiger partial charge in [-0.25, -0.2) is 4.79 Å². The van der Waals surface area contributed by atoms with Gasteiger partial charge in [0.2, 0.25) is 0 Å². The fourth-order valence-electron chi connectivity index (χ4n) is 1.42. The first-order chi connectivity index (χ1) is 6.81. The van der Waals surface area contributed by atoms with Gasteiger partial charge in [0.05, 0.1) is 5.56 Å². The van der Waals surface area contributed by atoms with Crippen LogP contribution in [0.15, 0.2) is 39.5 Å². The summed E-state index contributed by atoms with van der Waals surface area (Å²) in [6.45, 7) is 0.535. The predicted molar refractivity (Wildman–Crippen MR) is 55.2 cm³/mol. The van der Waals surface area contributed by atoms with Crippen LogP contribution in [0.3, 0.4) is 0 Å². The van der Waals surface area contributed by atoms with Gasteiger partial charge in [-0.3, -0.25) is 0 Å². The van der Waals surface area contributed by atoms with Crippen molar-refractivity contribution in [3.8, 4) is 0 Å². The second-order valence-electron chi connectivity index (χ2n) is 3.13. The zero-order chi connectivity index (χ0) is 9.97. The molecule has 0 fully saturated rings. The molecule has 0 saturated heterocycles. The number of hydrogen-bond donors (Lipinski definition) is 1. The van der Waals surface area contributed by atoms with Crippen molar-refractivity contribution in [1.29, 1.82) is 0 Å². The Kier molecular flexibility index (Phi) is 2.33. The largest absolute Gasteiger partial charge is 0.422 e. The second-order valence-corrected chi connectivity index (χ2v) is 3.13. The van der Waals surface area contributed by atoms with Crippen molar-refractivity contribution < 1.29 is 4.42 Å². The molecule has 3 nitrogen and oxygen atoms in total. The average molecular weight is 189 g/mol. The first-order valence-electron chi connectivity index (χ1n) is 4.47. The van der Waals surface area contributed by atoms with Gasteiger partial charge in [-0.05, 0) is 19.2 Å². The van der Waals surface area contributed by atoms with Crippen LogP contribution in [0.2, 0.25) is 0 Å². The summed E-state index contributed by atoms with van der Waals surface area (Å²) in [7, 11) is 1.80. The topological polar surface area (TPSA) is 42.2 Å². The molecule has 0 aliphatic heterocycles. The Morgan fingerprint density at radius 3 is 2.93 bits per heavy atom. The molecule has 0 atom stereocenters. The molecule has 14 heavy (non-hydrogen) atoms. The molecule has 0 unspecified atom stereocenters. The lowest BCUT2D eigenvalue weighted by atomic mass is 10.2. The minimum absolute atomic E-state index is 0.266. The molecular formula is C11H11NO2. The van der Waals surface area contributed by atoms with Crippen LogP contribution in [-0.4, -0.2) is 7.05 Å². The van der Waals surface area contributed by atoms with Crippen molar-refractivity contribution in [2.24, 2.45) is 0 Å². The lowest BCUT2D eigenvalue weighted by Crippen LogP contribution is -2.14. The summed E-state index contributed by atoms with van der Waals surface area (Å²) >= 11 is 0. The number of rotatable bonds is 2. The van der Waals surface area contributed by atoms with Crippen molar-refractivity contribution >= 4 is 11.0 Å². The Balaban J connectivity index is 2.65. The van der Waals surface area contributed by atoms with E-state index in [9.17, 15) is 4.79 Å². The van der Waals surface area contributed by atoms with Gasteiger partial charge in [0.1, 0.15) is 5.58 Å². The molecule has 1 aromatic carbocycles. The predicted octanol–water partition coefficient (Wildman–Crippen LogP) is 1.51. The highest BCUT2D eigenvalue weighted by atomic mass is 16.4. The highest BCUT2D eigenvalue weighted by Crippen LogP contribution is 2.12. The Morgan fingerprint density at radius 1 is 1.36 bits per heavy atom. The SMILES string of the molecule is CNCc1cc2ccccc2oc1=O. The molecule has 1 aromatic heterocycles. The maximum Gasteiger partial charge on any atom is 0.340 e. The molecule has 1 heterocycles. The van der Waals surface area contributed by atoms with E-state index in [0.717, 1.165) is 5.39 Å².